The van der Waals surface area contributed by atoms with Crippen LogP contribution in [0.5, 0.6) is 0 Å². The molecule has 0 aromatic carbocycles. The normalized spacial score (nSPS) is 32.3. The van der Waals surface area contributed by atoms with Gasteiger partial charge in [0.1, 0.15) is 12.2 Å². The molecule has 2 atom stereocenters. The molecule has 1 aliphatic rings. The molecule has 2 nitrogen and oxygen atoms in total. The highest BCUT2D eigenvalue weighted by molar-refractivity contribution is 6.35. The molecule has 0 aliphatic heterocycles. The molecule has 62 valence electrons. The second kappa shape index (κ2) is 3.15. The molecule has 1 aliphatic carbocycles. The lowest BCUT2D eigenvalue weighted by Crippen LogP contribution is -2.30. The van der Waals surface area contributed by atoms with E-state index >= 15 is 0 Å². The molecule has 0 fully saturated rings. The molecule has 0 spiro atoms. The van der Waals surface area contributed by atoms with Crippen molar-refractivity contribution in [2.75, 3.05) is 0 Å². The van der Waals surface area contributed by atoms with E-state index in [-0.39, 0.29) is 5.03 Å². The molecule has 4 heteroatoms. The lowest BCUT2D eigenvalue weighted by Gasteiger charge is -2.22. The molecular weight excluding hydrogens is 187 g/mol. The molecule has 0 saturated heterocycles. The third kappa shape index (κ3) is 1.59. The fraction of sp³-hybridized carbons (Fsp3) is 0.429. The largest absolute Gasteiger partial charge is 0.386 e. The number of aliphatic hydroxyl groups excluding tert-OH is 2. The van der Waals surface area contributed by atoms with Crippen molar-refractivity contribution in [3.8, 4) is 0 Å². The molecule has 0 aromatic heterocycles. The van der Waals surface area contributed by atoms with Crippen LogP contribution >= 0.6 is 23.2 Å². The van der Waals surface area contributed by atoms with Crippen LogP contribution in [-0.2, 0) is 0 Å². The van der Waals surface area contributed by atoms with E-state index in [4.69, 9.17) is 23.2 Å². The predicted octanol–water partition coefficient (Wildman–Crippen LogP) is 1.36. The third-order valence-electron chi connectivity index (χ3n) is 1.67. The van der Waals surface area contributed by atoms with Crippen LogP contribution in [0.1, 0.15) is 6.92 Å². The summed E-state index contributed by atoms with van der Waals surface area (Å²) in [5.41, 5.74) is 0.545. The lowest BCUT2D eigenvalue weighted by molar-refractivity contribution is 0.0683. The van der Waals surface area contributed by atoms with E-state index in [0.29, 0.717) is 10.6 Å². The minimum Gasteiger partial charge on any atom is -0.386 e. The number of hydrogen-bond donors (Lipinski definition) is 2. The van der Waals surface area contributed by atoms with Crippen LogP contribution in [-0.4, -0.2) is 22.4 Å². The number of aliphatic hydroxyl groups is 2. The van der Waals surface area contributed by atoms with Gasteiger partial charge in [0, 0.05) is 5.03 Å². The number of halogens is 2. The van der Waals surface area contributed by atoms with Crippen LogP contribution in [0.4, 0.5) is 0 Å². The van der Waals surface area contributed by atoms with Gasteiger partial charge in [-0.05, 0) is 18.6 Å². The summed E-state index contributed by atoms with van der Waals surface area (Å²) in [5, 5.41) is 19.0. The summed E-state index contributed by atoms with van der Waals surface area (Å²) in [5.74, 6) is 0. The van der Waals surface area contributed by atoms with Crippen molar-refractivity contribution in [2.24, 2.45) is 0 Å². The van der Waals surface area contributed by atoms with E-state index in [1.807, 2.05) is 0 Å². The molecule has 0 amide bonds. The molecule has 0 heterocycles. The van der Waals surface area contributed by atoms with E-state index in [9.17, 15) is 10.2 Å². The Kier molecular flexibility index (Phi) is 2.60. The highest BCUT2D eigenvalue weighted by atomic mass is 35.5. The quantitative estimate of drug-likeness (QED) is 0.612. The first-order valence-corrected chi connectivity index (χ1v) is 3.89. The summed E-state index contributed by atoms with van der Waals surface area (Å²) in [4.78, 5) is 0. The molecular formula is C7H8Cl2O2. The molecule has 0 radical (unpaired) electrons. The second-order valence-electron chi connectivity index (χ2n) is 2.45. The summed E-state index contributed by atoms with van der Waals surface area (Å²) < 4.78 is 0. The Morgan fingerprint density at radius 2 is 1.82 bits per heavy atom. The Balaban J connectivity index is 3.01. The van der Waals surface area contributed by atoms with Crippen LogP contribution in [0.25, 0.3) is 0 Å². The smallest absolute Gasteiger partial charge is 0.119 e. The zero-order valence-corrected chi connectivity index (χ0v) is 7.39. The van der Waals surface area contributed by atoms with Gasteiger partial charge in [-0.25, -0.2) is 0 Å². The SMILES string of the molecule is CC1=C(Cl)C=C(Cl)[C@H](O)[C@@H]1O. The van der Waals surface area contributed by atoms with E-state index in [1.165, 1.54) is 6.08 Å². The highest BCUT2D eigenvalue weighted by Gasteiger charge is 2.26. The summed E-state index contributed by atoms with van der Waals surface area (Å²) >= 11 is 11.2. The second-order valence-corrected chi connectivity index (χ2v) is 3.29. The molecule has 1 rings (SSSR count). The first kappa shape index (κ1) is 9.07. The Labute approximate surface area is 74.7 Å². The summed E-state index contributed by atoms with van der Waals surface area (Å²) in [6.07, 6.45) is -0.560. The van der Waals surface area contributed by atoms with Crippen molar-refractivity contribution in [3.05, 3.63) is 21.7 Å². The monoisotopic (exact) mass is 194 g/mol. The Bertz CT molecular complexity index is 233. The van der Waals surface area contributed by atoms with Gasteiger partial charge in [-0.15, -0.1) is 0 Å². The van der Waals surface area contributed by atoms with Gasteiger partial charge in [-0.2, -0.15) is 0 Å². The maximum atomic E-state index is 9.27. The molecule has 0 saturated carbocycles. The van der Waals surface area contributed by atoms with Crippen molar-refractivity contribution >= 4 is 23.2 Å². The first-order valence-electron chi connectivity index (χ1n) is 3.13. The van der Waals surface area contributed by atoms with Gasteiger partial charge in [-0.1, -0.05) is 23.2 Å². The van der Waals surface area contributed by atoms with Gasteiger partial charge in [0.15, 0.2) is 0 Å². The highest BCUT2D eigenvalue weighted by Crippen LogP contribution is 2.28. The Morgan fingerprint density at radius 1 is 1.27 bits per heavy atom. The zero-order valence-electron chi connectivity index (χ0n) is 5.88. The van der Waals surface area contributed by atoms with Crippen molar-refractivity contribution in [1.29, 1.82) is 0 Å². The van der Waals surface area contributed by atoms with Crippen molar-refractivity contribution in [1.82, 2.24) is 0 Å². The van der Waals surface area contributed by atoms with Crippen LogP contribution in [0, 0.1) is 0 Å². The van der Waals surface area contributed by atoms with Gasteiger partial charge in [-0.3, -0.25) is 0 Å². The fourth-order valence-corrected chi connectivity index (χ4v) is 1.36. The molecule has 11 heavy (non-hydrogen) atoms. The molecule has 0 bridgehead atoms. The van der Waals surface area contributed by atoms with Crippen LogP contribution in [0.3, 0.4) is 0 Å². The van der Waals surface area contributed by atoms with Gasteiger partial charge in [0.2, 0.25) is 0 Å². The predicted molar refractivity (Wildman–Crippen MR) is 44.5 cm³/mol. The van der Waals surface area contributed by atoms with Gasteiger partial charge in [0.25, 0.3) is 0 Å². The minimum atomic E-state index is -1.03. The number of hydrogen-bond acceptors (Lipinski definition) is 2. The minimum absolute atomic E-state index is 0.174. The maximum absolute atomic E-state index is 9.27. The average molecular weight is 195 g/mol. The Morgan fingerprint density at radius 3 is 2.36 bits per heavy atom. The topological polar surface area (TPSA) is 40.5 Å². The van der Waals surface area contributed by atoms with E-state index in [1.54, 1.807) is 6.92 Å². The van der Waals surface area contributed by atoms with Crippen LogP contribution < -0.4 is 0 Å². The maximum Gasteiger partial charge on any atom is 0.119 e. The third-order valence-corrected chi connectivity index (χ3v) is 2.41. The first-order chi connectivity index (χ1) is 5.04. The van der Waals surface area contributed by atoms with Gasteiger partial charge >= 0.3 is 0 Å². The molecule has 0 unspecified atom stereocenters. The van der Waals surface area contributed by atoms with Crippen LogP contribution in [0.2, 0.25) is 0 Å². The number of rotatable bonds is 0. The molecule has 0 aromatic rings. The standard InChI is InChI=1S/C7H8Cl2O2/c1-3-4(8)2-5(9)7(11)6(3)10/h2,6-7,10-11H,1H3/t6-,7+/m1/s1. The van der Waals surface area contributed by atoms with E-state index in [2.05, 4.69) is 0 Å². The van der Waals surface area contributed by atoms with Crippen molar-refractivity contribution in [3.63, 3.8) is 0 Å². The fourth-order valence-electron chi connectivity index (χ4n) is 0.849. The molecule has 2 N–H and O–H groups in total. The van der Waals surface area contributed by atoms with E-state index in [0.717, 1.165) is 0 Å². The summed E-state index contributed by atoms with van der Waals surface area (Å²) in [6, 6.07) is 0. The van der Waals surface area contributed by atoms with Gasteiger partial charge < -0.3 is 10.2 Å². The summed E-state index contributed by atoms with van der Waals surface area (Å²) in [6.45, 7) is 1.65. The lowest BCUT2D eigenvalue weighted by atomic mass is 10.0. The van der Waals surface area contributed by atoms with Crippen LogP contribution in [0.15, 0.2) is 21.7 Å². The van der Waals surface area contributed by atoms with Crippen molar-refractivity contribution < 1.29 is 10.2 Å². The van der Waals surface area contributed by atoms with Crippen molar-refractivity contribution in [2.45, 2.75) is 19.1 Å². The van der Waals surface area contributed by atoms with E-state index < -0.39 is 12.2 Å². The van der Waals surface area contributed by atoms with Gasteiger partial charge in [0.05, 0.1) is 5.03 Å². The summed E-state index contributed by atoms with van der Waals surface area (Å²) in [7, 11) is 0. The average Bonchev–Trinajstić information content (AvgIpc) is 1.97. The zero-order chi connectivity index (χ0) is 8.59. The number of allylic oxidation sites excluding steroid dienone is 2. The Hall–Kier alpha value is -0.0200.